The SMILES string of the molecule is c1coc(C[NH+]2CC[NH+](Cc3cccc4ccccc34)CC2)c1. The van der Waals surface area contributed by atoms with Gasteiger partial charge in [0.05, 0.1) is 6.26 Å². The van der Waals surface area contributed by atoms with Gasteiger partial charge in [0.1, 0.15) is 39.3 Å². The average molecular weight is 308 g/mol. The zero-order chi connectivity index (χ0) is 15.5. The molecule has 3 aromatic rings. The summed E-state index contributed by atoms with van der Waals surface area (Å²) in [5.41, 5.74) is 1.48. The van der Waals surface area contributed by atoms with Gasteiger partial charge in [0.15, 0.2) is 5.76 Å². The topological polar surface area (TPSA) is 22.0 Å². The normalized spacial score (nSPS) is 21.6. The van der Waals surface area contributed by atoms with Gasteiger partial charge in [0, 0.05) is 5.56 Å². The molecule has 0 unspecified atom stereocenters. The summed E-state index contributed by atoms with van der Waals surface area (Å²) in [4.78, 5) is 3.34. The van der Waals surface area contributed by atoms with Crippen LogP contribution < -0.4 is 9.80 Å². The van der Waals surface area contributed by atoms with Gasteiger partial charge in [-0.05, 0) is 22.9 Å². The average Bonchev–Trinajstić information content (AvgIpc) is 3.10. The smallest absolute Gasteiger partial charge is 0.157 e. The Hall–Kier alpha value is -2.10. The molecule has 1 aliphatic heterocycles. The molecule has 4 rings (SSSR count). The minimum Gasteiger partial charge on any atom is -0.463 e. The molecule has 2 heterocycles. The summed E-state index contributed by atoms with van der Waals surface area (Å²) >= 11 is 0. The van der Waals surface area contributed by atoms with Crippen LogP contribution in [0.4, 0.5) is 0 Å². The molecule has 0 saturated carbocycles. The second-order valence-corrected chi connectivity index (χ2v) is 6.57. The Balaban J connectivity index is 1.39. The molecule has 2 aromatic carbocycles. The monoisotopic (exact) mass is 308 g/mol. The summed E-state index contributed by atoms with van der Waals surface area (Å²) in [6.07, 6.45) is 1.77. The number of piperazine rings is 1. The summed E-state index contributed by atoms with van der Waals surface area (Å²) in [5.74, 6) is 1.11. The third-order valence-electron chi connectivity index (χ3n) is 4.99. The summed E-state index contributed by atoms with van der Waals surface area (Å²) in [6.45, 7) is 7.07. The van der Waals surface area contributed by atoms with E-state index in [9.17, 15) is 0 Å². The van der Waals surface area contributed by atoms with Crippen molar-refractivity contribution in [3.63, 3.8) is 0 Å². The Labute approximate surface area is 137 Å². The molecular weight excluding hydrogens is 284 g/mol. The van der Waals surface area contributed by atoms with Crippen molar-refractivity contribution in [1.82, 2.24) is 0 Å². The van der Waals surface area contributed by atoms with Crippen molar-refractivity contribution in [2.45, 2.75) is 13.1 Å². The Bertz CT molecular complexity index is 753. The van der Waals surface area contributed by atoms with Crippen LogP contribution in [0.5, 0.6) is 0 Å². The van der Waals surface area contributed by atoms with E-state index >= 15 is 0 Å². The molecule has 3 nitrogen and oxygen atoms in total. The van der Waals surface area contributed by atoms with Crippen LogP contribution in [0.3, 0.4) is 0 Å². The maximum absolute atomic E-state index is 5.48. The number of hydrogen-bond acceptors (Lipinski definition) is 1. The van der Waals surface area contributed by atoms with Crippen molar-refractivity contribution < 1.29 is 14.2 Å². The van der Waals surface area contributed by atoms with Crippen LogP contribution >= 0.6 is 0 Å². The van der Waals surface area contributed by atoms with E-state index in [0.717, 1.165) is 18.8 Å². The van der Waals surface area contributed by atoms with Gasteiger partial charge in [-0.3, -0.25) is 0 Å². The number of rotatable bonds is 4. The van der Waals surface area contributed by atoms with Crippen LogP contribution in [0, 0.1) is 0 Å². The number of furan rings is 1. The van der Waals surface area contributed by atoms with Crippen molar-refractivity contribution in [2.75, 3.05) is 26.2 Å². The lowest BCUT2D eigenvalue weighted by molar-refractivity contribution is -1.02. The third kappa shape index (κ3) is 3.31. The molecule has 23 heavy (non-hydrogen) atoms. The lowest BCUT2D eigenvalue weighted by Crippen LogP contribution is -3.27. The van der Waals surface area contributed by atoms with Crippen molar-refractivity contribution in [2.24, 2.45) is 0 Å². The van der Waals surface area contributed by atoms with Gasteiger partial charge in [-0.1, -0.05) is 42.5 Å². The highest BCUT2D eigenvalue weighted by Crippen LogP contribution is 2.17. The maximum atomic E-state index is 5.48. The van der Waals surface area contributed by atoms with E-state index in [1.807, 2.05) is 6.07 Å². The fourth-order valence-corrected chi connectivity index (χ4v) is 3.69. The van der Waals surface area contributed by atoms with E-state index in [0.29, 0.717) is 0 Å². The third-order valence-corrected chi connectivity index (χ3v) is 4.99. The molecule has 2 N–H and O–H groups in total. The first-order valence-corrected chi connectivity index (χ1v) is 8.54. The van der Waals surface area contributed by atoms with Gasteiger partial charge in [0.2, 0.25) is 0 Å². The largest absolute Gasteiger partial charge is 0.463 e. The molecule has 118 valence electrons. The summed E-state index contributed by atoms with van der Waals surface area (Å²) < 4.78 is 5.48. The lowest BCUT2D eigenvalue weighted by Gasteiger charge is -2.29. The Kier molecular flexibility index (Phi) is 4.14. The van der Waals surface area contributed by atoms with Gasteiger partial charge >= 0.3 is 0 Å². The Morgan fingerprint density at radius 1 is 0.739 bits per heavy atom. The zero-order valence-electron chi connectivity index (χ0n) is 13.4. The van der Waals surface area contributed by atoms with E-state index in [4.69, 9.17) is 4.42 Å². The van der Waals surface area contributed by atoms with E-state index in [-0.39, 0.29) is 0 Å². The molecule has 3 heteroatoms. The molecule has 0 bridgehead atoms. The van der Waals surface area contributed by atoms with Crippen LogP contribution in [0.1, 0.15) is 11.3 Å². The van der Waals surface area contributed by atoms with Gasteiger partial charge in [-0.15, -0.1) is 0 Å². The number of quaternary nitrogens is 2. The standard InChI is InChI=1S/C20H22N2O/c1-2-9-20-17(5-1)6-3-7-18(20)15-21-10-12-22(13-11-21)16-19-8-4-14-23-19/h1-9,14H,10-13,15-16H2/p+2. The molecule has 0 radical (unpaired) electrons. The van der Waals surface area contributed by atoms with E-state index in [2.05, 4.69) is 48.5 Å². The van der Waals surface area contributed by atoms with Gasteiger partial charge in [-0.2, -0.15) is 0 Å². The highest BCUT2D eigenvalue weighted by molar-refractivity contribution is 5.85. The minimum atomic E-state index is 1.02. The second kappa shape index (κ2) is 6.57. The predicted molar refractivity (Wildman–Crippen MR) is 91.5 cm³/mol. The first-order valence-electron chi connectivity index (χ1n) is 8.54. The molecule has 0 atom stereocenters. The zero-order valence-corrected chi connectivity index (χ0v) is 13.4. The maximum Gasteiger partial charge on any atom is 0.157 e. The lowest BCUT2D eigenvalue weighted by atomic mass is 10.0. The van der Waals surface area contributed by atoms with E-state index in [1.54, 1.807) is 16.1 Å². The van der Waals surface area contributed by atoms with Crippen molar-refractivity contribution in [3.8, 4) is 0 Å². The summed E-state index contributed by atoms with van der Waals surface area (Å²) in [7, 11) is 0. The van der Waals surface area contributed by atoms with Crippen LogP contribution in [-0.2, 0) is 13.1 Å². The molecule has 1 fully saturated rings. The van der Waals surface area contributed by atoms with E-state index in [1.165, 1.54) is 42.5 Å². The number of hydrogen-bond donors (Lipinski definition) is 2. The van der Waals surface area contributed by atoms with Crippen LogP contribution in [-0.4, -0.2) is 26.2 Å². The molecule has 0 amide bonds. The molecule has 1 aromatic heterocycles. The van der Waals surface area contributed by atoms with Crippen molar-refractivity contribution >= 4 is 10.8 Å². The first kappa shape index (κ1) is 14.5. The second-order valence-electron chi connectivity index (χ2n) is 6.57. The number of nitrogens with one attached hydrogen (secondary N) is 2. The van der Waals surface area contributed by atoms with Gasteiger partial charge in [0.25, 0.3) is 0 Å². The molecule has 0 spiro atoms. The number of fused-ring (bicyclic) bond motifs is 1. The van der Waals surface area contributed by atoms with Gasteiger partial charge < -0.3 is 14.2 Å². The van der Waals surface area contributed by atoms with E-state index < -0.39 is 0 Å². The highest BCUT2D eigenvalue weighted by atomic mass is 16.3. The fraction of sp³-hybridized carbons (Fsp3) is 0.300. The summed E-state index contributed by atoms with van der Waals surface area (Å²) in [6, 6.07) is 19.5. The molecular formula is C20H24N2O+2. The predicted octanol–water partition coefficient (Wildman–Crippen LogP) is 0.916. The van der Waals surface area contributed by atoms with Crippen LogP contribution in [0.25, 0.3) is 10.8 Å². The van der Waals surface area contributed by atoms with Crippen LogP contribution in [0.15, 0.2) is 65.3 Å². The number of benzene rings is 2. The first-order chi connectivity index (χ1) is 11.4. The van der Waals surface area contributed by atoms with Gasteiger partial charge in [-0.25, -0.2) is 0 Å². The Morgan fingerprint density at radius 2 is 1.48 bits per heavy atom. The summed E-state index contributed by atoms with van der Waals surface area (Å²) in [5, 5.41) is 2.76. The quantitative estimate of drug-likeness (QED) is 0.735. The van der Waals surface area contributed by atoms with Crippen LogP contribution in [0.2, 0.25) is 0 Å². The Morgan fingerprint density at radius 3 is 2.26 bits per heavy atom. The van der Waals surface area contributed by atoms with Crippen molar-refractivity contribution in [1.29, 1.82) is 0 Å². The van der Waals surface area contributed by atoms with Crippen molar-refractivity contribution in [3.05, 3.63) is 72.2 Å². The fourth-order valence-electron chi connectivity index (χ4n) is 3.69. The molecule has 0 aliphatic carbocycles. The minimum absolute atomic E-state index is 1.02. The molecule has 1 saturated heterocycles. The highest BCUT2D eigenvalue weighted by Gasteiger charge is 2.24. The molecule has 1 aliphatic rings.